The molecule has 0 radical (unpaired) electrons. The quantitative estimate of drug-likeness (QED) is 0.632. The summed E-state index contributed by atoms with van der Waals surface area (Å²) in [4.78, 5) is 14.5. The van der Waals surface area contributed by atoms with Gasteiger partial charge in [0.25, 0.3) is 5.91 Å². The number of para-hydroxylation sites is 1. The number of phenolic OH excluding ortho intramolecular Hbond substituents is 2. The summed E-state index contributed by atoms with van der Waals surface area (Å²) in [5, 5.41) is 27.0. The van der Waals surface area contributed by atoms with Gasteiger partial charge in [0, 0.05) is 17.7 Å². The Morgan fingerprint density at radius 1 is 1.15 bits per heavy atom. The smallest absolute Gasteiger partial charge is 0.273 e. The minimum absolute atomic E-state index is 0.0980. The molecule has 0 saturated carbocycles. The fourth-order valence-electron chi connectivity index (χ4n) is 3.41. The summed E-state index contributed by atoms with van der Waals surface area (Å²) >= 11 is 0. The van der Waals surface area contributed by atoms with E-state index in [9.17, 15) is 15.0 Å². The first-order valence-corrected chi connectivity index (χ1v) is 8.19. The van der Waals surface area contributed by atoms with Crippen LogP contribution in [0.2, 0.25) is 0 Å². The molecule has 0 unspecified atom stereocenters. The molecule has 0 aliphatic carbocycles. The van der Waals surface area contributed by atoms with Crippen molar-refractivity contribution in [1.29, 1.82) is 0 Å². The van der Waals surface area contributed by atoms with Crippen molar-refractivity contribution >= 4 is 5.91 Å². The molecule has 26 heavy (non-hydrogen) atoms. The Morgan fingerprint density at radius 2 is 1.88 bits per heavy atom. The Balaban J connectivity index is 1.92. The van der Waals surface area contributed by atoms with Gasteiger partial charge in [0.05, 0.1) is 6.04 Å². The lowest BCUT2D eigenvalue weighted by molar-refractivity contribution is 0.0764. The molecule has 4 rings (SSSR count). The minimum Gasteiger partial charge on any atom is -0.508 e. The number of nitrogens with zero attached hydrogens (tertiary/aromatic N) is 2. The summed E-state index contributed by atoms with van der Waals surface area (Å²) in [5.41, 5.74) is 3.06. The van der Waals surface area contributed by atoms with E-state index in [0.29, 0.717) is 29.1 Å². The standard InChI is InChI=1S/C20H17N3O3/c1-2-11-23-19(12-7-9-13(24)10-8-12)16-17(21-22-18(16)20(23)26)14-5-3-4-6-15(14)25/h2-10,19,24-25H,1,11H2,(H,21,22)/t19-/m1/s1. The lowest BCUT2D eigenvalue weighted by atomic mass is 9.95. The zero-order chi connectivity index (χ0) is 18.3. The number of fused-ring (bicyclic) bond motifs is 1. The van der Waals surface area contributed by atoms with E-state index in [1.807, 2.05) is 6.07 Å². The van der Waals surface area contributed by atoms with Gasteiger partial charge in [0.1, 0.15) is 22.9 Å². The number of nitrogens with one attached hydrogen (secondary N) is 1. The Labute approximate surface area is 150 Å². The van der Waals surface area contributed by atoms with Crippen LogP contribution < -0.4 is 0 Å². The zero-order valence-corrected chi connectivity index (χ0v) is 13.9. The highest BCUT2D eigenvalue weighted by molar-refractivity contribution is 6.00. The SMILES string of the molecule is C=CCN1C(=O)c2[nH]nc(-c3ccccc3O)c2[C@H]1c1ccc(O)cc1. The number of phenols is 2. The summed E-state index contributed by atoms with van der Waals surface area (Å²) < 4.78 is 0. The van der Waals surface area contributed by atoms with Crippen molar-refractivity contribution in [1.82, 2.24) is 15.1 Å². The number of hydrogen-bond acceptors (Lipinski definition) is 4. The number of aromatic hydroxyl groups is 2. The summed E-state index contributed by atoms with van der Waals surface area (Å²) in [5.74, 6) is 0.0784. The van der Waals surface area contributed by atoms with Crippen molar-refractivity contribution in [3.8, 4) is 22.8 Å². The molecule has 2 heterocycles. The van der Waals surface area contributed by atoms with Crippen molar-refractivity contribution in [3.05, 3.63) is 78.0 Å². The highest BCUT2D eigenvalue weighted by atomic mass is 16.3. The predicted molar refractivity (Wildman–Crippen MR) is 96.9 cm³/mol. The third kappa shape index (κ3) is 2.35. The first kappa shape index (κ1) is 16.0. The highest BCUT2D eigenvalue weighted by Crippen LogP contribution is 2.44. The normalized spacial score (nSPS) is 15.9. The molecular formula is C20H17N3O3. The van der Waals surface area contributed by atoms with Gasteiger partial charge in [-0.2, -0.15) is 5.10 Å². The van der Waals surface area contributed by atoms with Crippen molar-refractivity contribution in [2.75, 3.05) is 6.54 Å². The molecule has 0 saturated heterocycles. The Kier molecular flexibility index (Phi) is 3.73. The predicted octanol–water partition coefficient (Wildman–Crippen LogP) is 3.22. The van der Waals surface area contributed by atoms with Crippen LogP contribution in [0.3, 0.4) is 0 Å². The second-order valence-electron chi connectivity index (χ2n) is 6.12. The minimum atomic E-state index is -0.385. The van der Waals surface area contributed by atoms with Crippen LogP contribution in [0.25, 0.3) is 11.3 Å². The molecule has 1 amide bonds. The summed E-state index contributed by atoms with van der Waals surface area (Å²) in [6.45, 7) is 4.11. The van der Waals surface area contributed by atoms with Gasteiger partial charge in [-0.25, -0.2) is 0 Å². The first-order chi connectivity index (χ1) is 12.6. The molecule has 6 heteroatoms. The second-order valence-corrected chi connectivity index (χ2v) is 6.12. The van der Waals surface area contributed by atoms with Crippen LogP contribution in [-0.4, -0.2) is 37.8 Å². The molecule has 6 nitrogen and oxygen atoms in total. The van der Waals surface area contributed by atoms with Gasteiger partial charge in [-0.1, -0.05) is 30.3 Å². The summed E-state index contributed by atoms with van der Waals surface area (Å²) in [7, 11) is 0. The maximum atomic E-state index is 12.9. The van der Waals surface area contributed by atoms with Gasteiger partial charge in [-0.05, 0) is 29.8 Å². The van der Waals surface area contributed by atoms with Crippen molar-refractivity contribution in [3.63, 3.8) is 0 Å². The zero-order valence-electron chi connectivity index (χ0n) is 13.9. The van der Waals surface area contributed by atoms with Crippen LogP contribution in [-0.2, 0) is 0 Å². The fourth-order valence-corrected chi connectivity index (χ4v) is 3.41. The number of benzene rings is 2. The van der Waals surface area contributed by atoms with Crippen LogP contribution >= 0.6 is 0 Å². The fraction of sp³-hybridized carbons (Fsp3) is 0.100. The average Bonchev–Trinajstić information content (AvgIpc) is 3.17. The molecule has 1 aromatic heterocycles. The molecule has 3 aromatic rings. The molecule has 0 bridgehead atoms. The van der Waals surface area contributed by atoms with Crippen LogP contribution in [0, 0.1) is 0 Å². The van der Waals surface area contributed by atoms with Gasteiger partial charge in [-0.15, -0.1) is 6.58 Å². The van der Waals surface area contributed by atoms with E-state index in [2.05, 4.69) is 16.8 Å². The van der Waals surface area contributed by atoms with E-state index in [1.54, 1.807) is 53.4 Å². The van der Waals surface area contributed by atoms with E-state index in [-0.39, 0.29) is 23.4 Å². The van der Waals surface area contributed by atoms with Crippen molar-refractivity contribution in [2.45, 2.75) is 6.04 Å². The van der Waals surface area contributed by atoms with Crippen molar-refractivity contribution in [2.24, 2.45) is 0 Å². The van der Waals surface area contributed by atoms with Crippen LogP contribution in [0.1, 0.15) is 27.7 Å². The van der Waals surface area contributed by atoms with Gasteiger partial charge < -0.3 is 15.1 Å². The molecule has 130 valence electrons. The van der Waals surface area contributed by atoms with Crippen LogP contribution in [0.15, 0.2) is 61.2 Å². The van der Waals surface area contributed by atoms with E-state index < -0.39 is 0 Å². The lowest BCUT2D eigenvalue weighted by Crippen LogP contribution is -2.29. The summed E-state index contributed by atoms with van der Waals surface area (Å²) in [6, 6.07) is 13.2. The highest BCUT2D eigenvalue weighted by Gasteiger charge is 2.41. The van der Waals surface area contributed by atoms with Crippen LogP contribution in [0.4, 0.5) is 0 Å². The largest absolute Gasteiger partial charge is 0.508 e. The Bertz CT molecular complexity index is 992. The number of carbonyl (C=O) groups is 1. The molecule has 1 aliphatic heterocycles. The van der Waals surface area contributed by atoms with Gasteiger partial charge in [0.15, 0.2) is 0 Å². The number of rotatable bonds is 4. The third-order valence-electron chi connectivity index (χ3n) is 4.56. The molecule has 3 N–H and O–H groups in total. The Morgan fingerprint density at radius 3 is 2.58 bits per heavy atom. The molecule has 1 atom stereocenters. The average molecular weight is 347 g/mol. The second kappa shape index (κ2) is 6.07. The third-order valence-corrected chi connectivity index (χ3v) is 4.56. The number of aromatic amines is 1. The van der Waals surface area contributed by atoms with Gasteiger partial charge in [0.2, 0.25) is 0 Å². The first-order valence-electron chi connectivity index (χ1n) is 8.19. The van der Waals surface area contributed by atoms with Crippen LogP contribution in [0.5, 0.6) is 11.5 Å². The number of aromatic nitrogens is 2. The molecule has 0 fully saturated rings. The van der Waals surface area contributed by atoms with E-state index >= 15 is 0 Å². The number of hydrogen-bond donors (Lipinski definition) is 3. The topological polar surface area (TPSA) is 89.5 Å². The molecular weight excluding hydrogens is 330 g/mol. The maximum absolute atomic E-state index is 12.9. The number of amides is 1. The van der Waals surface area contributed by atoms with Gasteiger partial charge >= 0.3 is 0 Å². The van der Waals surface area contributed by atoms with Crippen molar-refractivity contribution < 1.29 is 15.0 Å². The Hall–Kier alpha value is -3.54. The van der Waals surface area contributed by atoms with E-state index in [0.717, 1.165) is 5.56 Å². The molecule has 1 aliphatic rings. The van der Waals surface area contributed by atoms with E-state index in [1.165, 1.54) is 0 Å². The lowest BCUT2D eigenvalue weighted by Gasteiger charge is -2.25. The van der Waals surface area contributed by atoms with E-state index in [4.69, 9.17) is 0 Å². The maximum Gasteiger partial charge on any atom is 0.273 e. The number of carbonyl (C=O) groups excluding carboxylic acids is 1. The molecule has 2 aromatic carbocycles. The summed E-state index contributed by atoms with van der Waals surface area (Å²) in [6.07, 6.45) is 1.67. The van der Waals surface area contributed by atoms with Gasteiger partial charge in [-0.3, -0.25) is 9.89 Å². The molecule has 0 spiro atoms. The number of H-pyrrole nitrogens is 1. The monoisotopic (exact) mass is 347 g/mol.